The van der Waals surface area contributed by atoms with E-state index >= 15 is 0 Å². The lowest BCUT2D eigenvalue weighted by Gasteiger charge is -2.53. The van der Waals surface area contributed by atoms with Crippen molar-refractivity contribution in [3.63, 3.8) is 0 Å². The molecule has 3 fully saturated rings. The first kappa shape index (κ1) is 30.2. The second-order valence-corrected chi connectivity index (χ2v) is 12.4. The number of hydrogen-bond acceptors (Lipinski definition) is 6. The van der Waals surface area contributed by atoms with E-state index in [0.717, 1.165) is 67.5 Å². The van der Waals surface area contributed by atoms with Gasteiger partial charge in [0.2, 0.25) is 11.8 Å². The SMILES string of the molecule is CCCCN1C(=O)[C@@H]([C@H](O)C2CCCCC2)NC(=O)C12CCN(C(c1ccc(C(=O)O)cc1)c1c(C)n[nH]c1C)CC2. The fraction of sp³-hybridized carbons (Fsp3) is 0.625. The minimum Gasteiger partial charge on any atom is -0.478 e. The Morgan fingerprint density at radius 1 is 1.10 bits per heavy atom. The summed E-state index contributed by atoms with van der Waals surface area (Å²) >= 11 is 0. The number of piperazine rings is 1. The Kier molecular flexibility index (Phi) is 9.03. The molecule has 1 aromatic heterocycles. The van der Waals surface area contributed by atoms with Crippen LogP contribution in [0, 0.1) is 19.8 Å². The quantitative estimate of drug-likeness (QED) is 0.355. The number of piperidine rings is 1. The van der Waals surface area contributed by atoms with E-state index in [4.69, 9.17) is 0 Å². The van der Waals surface area contributed by atoms with Gasteiger partial charge in [-0.25, -0.2) is 4.79 Å². The summed E-state index contributed by atoms with van der Waals surface area (Å²) in [5.74, 6) is -1.25. The second-order valence-electron chi connectivity index (χ2n) is 12.4. The maximum Gasteiger partial charge on any atom is 0.335 e. The molecule has 1 spiro atoms. The van der Waals surface area contributed by atoms with Crippen LogP contribution in [0.25, 0.3) is 0 Å². The molecular weight excluding hydrogens is 534 g/mol. The lowest BCUT2D eigenvalue weighted by molar-refractivity contribution is -0.166. The number of unbranched alkanes of at least 4 members (excludes halogenated alkanes) is 1. The van der Waals surface area contributed by atoms with E-state index < -0.39 is 23.7 Å². The van der Waals surface area contributed by atoms with Gasteiger partial charge in [0.15, 0.2) is 0 Å². The second kappa shape index (κ2) is 12.6. The highest BCUT2D eigenvalue weighted by atomic mass is 16.4. The number of aryl methyl sites for hydroxylation is 2. The molecule has 2 aliphatic heterocycles. The molecule has 0 bridgehead atoms. The van der Waals surface area contributed by atoms with E-state index in [2.05, 4.69) is 27.3 Å². The molecule has 5 rings (SSSR count). The lowest BCUT2D eigenvalue weighted by Crippen LogP contribution is -2.75. The Morgan fingerprint density at radius 3 is 2.33 bits per heavy atom. The zero-order chi connectivity index (χ0) is 30.0. The molecule has 42 heavy (non-hydrogen) atoms. The standard InChI is InChI=1S/C32H45N5O5/c1-4-5-17-37-29(39)26(28(38)23-9-7-6-8-10-23)33-31(42)32(37)15-18-36(19-16-32)27(25-20(2)34-35-21(25)3)22-11-13-24(14-12-22)30(40)41/h11-14,23,26-28,38H,4-10,15-19H2,1-3H3,(H,33,42)(H,34,35)(H,40,41)/t26-,27?,28-/m1/s1. The largest absolute Gasteiger partial charge is 0.478 e. The molecule has 3 atom stereocenters. The number of aromatic carboxylic acids is 1. The molecule has 2 saturated heterocycles. The summed E-state index contributed by atoms with van der Waals surface area (Å²) in [7, 11) is 0. The minimum atomic E-state index is -0.972. The van der Waals surface area contributed by atoms with Crippen LogP contribution in [0.1, 0.15) is 104 Å². The maximum atomic E-state index is 14.0. The van der Waals surface area contributed by atoms with Crippen molar-refractivity contribution in [1.82, 2.24) is 25.3 Å². The summed E-state index contributed by atoms with van der Waals surface area (Å²) in [5, 5.41) is 31.2. The molecular formula is C32H45N5O5. The van der Waals surface area contributed by atoms with E-state index in [1.54, 1.807) is 17.0 Å². The summed E-state index contributed by atoms with van der Waals surface area (Å²) in [6.07, 6.45) is 6.79. The minimum absolute atomic E-state index is 0.0339. The van der Waals surface area contributed by atoms with Crippen LogP contribution in [0.15, 0.2) is 24.3 Å². The first-order valence-corrected chi connectivity index (χ1v) is 15.6. The Morgan fingerprint density at radius 2 is 1.76 bits per heavy atom. The number of amides is 2. The van der Waals surface area contributed by atoms with E-state index in [-0.39, 0.29) is 29.3 Å². The lowest BCUT2D eigenvalue weighted by atomic mass is 9.77. The molecule has 1 saturated carbocycles. The number of aromatic nitrogens is 2. The maximum absolute atomic E-state index is 14.0. The van der Waals surface area contributed by atoms with E-state index in [0.29, 0.717) is 32.5 Å². The number of likely N-dealkylation sites (tertiary alicyclic amines) is 1. The molecule has 10 heteroatoms. The Labute approximate surface area is 247 Å². The number of aliphatic hydroxyl groups is 1. The first-order valence-electron chi connectivity index (χ1n) is 15.6. The number of rotatable bonds is 9. The molecule has 4 N–H and O–H groups in total. The predicted molar refractivity (Wildman–Crippen MR) is 158 cm³/mol. The zero-order valence-corrected chi connectivity index (χ0v) is 25.1. The first-order chi connectivity index (χ1) is 20.2. The predicted octanol–water partition coefficient (Wildman–Crippen LogP) is 3.72. The summed E-state index contributed by atoms with van der Waals surface area (Å²) < 4.78 is 0. The van der Waals surface area contributed by atoms with Gasteiger partial charge in [-0.05, 0) is 69.6 Å². The van der Waals surface area contributed by atoms with Crippen LogP contribution in [0.5, 0.6) is 0 Å². The molecule has 3 heterocycles. The number of aliphatic hydroxyl groups excluding tert-OH is 1. The van der Waals surface area contributed by atoms with Crippen LogP contribution in [-0.2, 0) is 9.59 Å². The zero-order valence-electron chi connectivity index (χ0n) is 25.1. The topological polar surface area (TPSA) is 139 Å². The molecule has 2 amide bonds. The molecule has 2 aromatic rings. The highest BCUT2D eigenvalue weighted by Crippen LogP contribution is 2.40. The molecule has 1 aromatic carbocycles. The number of H-pyrrole nitrogens is 1. The number of nitrogens with zero attached hydrogens (tertiary/aromatic N) is 3. The molecule has 10 nitrogen and oxygen atoms in total. The van der Waals surface area contributed by atoms with Gasteiger partial charge in [-0.1, -0.05) is 44.7 Å². The van der Waals surface area contributed by atoms with Crippen molar-refractivity contribution in [3.8, 4) is 0 Å². The number of carboxylic acid groups (broad SMARTS) is 1. The van der Waals surface area contributed by atoms with Crippen molar-refractivity contribution >= 4 is 17.8 Å². The van der Waals surface area contributed by atoms with Crippen molar-refractivity contribution in [1.29, 1.82) is 0 Å². The Hall–Kier alpha value is -3.24. The van der Waals surface area contributed by atoms with Gasteiger partial charge >= 0.3 is 5.97 Å². The number of carboxylic acids is 1. The summed E-state index contributed by atoms with van der Waals surface area (Å²) in [6.45, 7) is 7.64. The summed E-state index contributed by atoms with van der Waals surface area (Å²) in [6, 6.07) is 5.88. The van der Waals surface area contributed by atoms with Gasteiger partial charge in [0.25, 0.3) is 0 Å². The third-order valence-corrected chi connectivity index (χ3v) is 9.89. The van der Waals surface area contributed by atoms with Crippen LogP contribution in [0.2, 0.25) is 0 Å². The van der Waals surface area contributed by atoms with Gasteiger partial charge in [-0.2, -0.15) is 5.10 Å². The van der Waals surface area contributed by atoms with Crippen molar-refractivity contribution in [2.45, 2.75) is 102 Å². The fourth-order valence-electron chi connectivity index (χ4n) is 7.44. The van der Waals surface area contributed by atoms with Gasteiger partial charge in [0, 0.05) is 30.9 Å². The van der Waals surface area contributed by atoms with Crippen LogP contribution < -0.4 is 5.32 Å². The van der Waals surface area contributed by atoms with Crippen LogP contribution in [-0.4, -0.2) is 85.3 Å². The van der Waals surface area contributed by atoms with Crippen molar-refractivity contribution in [2.75, 3.05) is 19.6 Å². The van der Waals surface area contributed by atoms with E-state index in [9.17, 15) is 24.6 Å². The average molecular weight is 580 g/mol. The molecule has 1 unspecified atom stereocenters. The summed E-state index contributed by atoms with van der Waals surface area (Å²) in [4.78, 5) is 43.6. The fourth-order valence-corrected chi connectivity index (χ4v) is 7.44. The van der Waals surface area contributed by atoms with E-state index in [1.807, 2.05) is 26.0 Å². The Bertz CT molecular complexity index is 1260. The number of aromatic amines is 1. The van der Waals surface area contributed by atoms with Crippen molar-refractivity contribution < 1.29 is 24.6 Å². The van der Waals surface area contributed by atoms with Crippen LogP contribution >= 0.6 is 0 Å². The number of carbonyl (C=O) groups excluding carboxylic acids is 2. The smallest absolute Gasteiger partial charge is 0.335 e. The number of hydrogen-bond donors (Lipinski definition) is 4. The van der Waals surface area contributed by atoms with Gasteiger partial charge < -0.3 is 20.4 Å². The van der Waals surface area contributed by atoms with Gasteiger partial charge in [0.1, 0.15) is 11.6 Å². The van der Waals surface area contributed by atoms with Gasteiger partial charge in [0.05, 0.1) is 23.4 Å². The molecule has 3 aliphatic rings. The van der Waals surface area contributed by atoms with Crippen LogP contribution in [0.3, 0.4) is 0 Å². The van der Waals surface area contributed by atoms with Crippen molar-refractivity contribution in [3.05, 3.63) is 52.3 Å². The average Bonchev–Trinajstić information content (AvgIpc) is 3.33. The monoisotopic (exact) mass is 579 g/mol. The molecule has 228 valence electrons. The normalized spacial score (nSPS) is 23.1. The highest BCUT2D eigenvalue weighted by molar-refractivity contribution is 6.00. The van der Waals surface area contributed by atoms with E-state index in [1.165, 1.54) is 0 Å². The third kappa shape index (κ3) is 5.58. The Balaban J connectivity index is 1.41. The van der Waals surface area contributed by atoms with Crippen LogP contribution in [0.4, 0.5) is 0 Å². The number of benzene rings is 1. The number of nitrogens with one attached hydrogen (secondary N) is 2. The van der Waals surface area contributed by atoms with Gasteiger partial charge in [-0.3, -0.25) is 19.6 Å². The third-order valence-electron chi connectivity index (χ3n) is 9.89. The molecule has 1 aliphatic carbocycles. The number of carbonyl (C=O) groups is 3. The highest BCUT2D eigenvalue weighted by Gasteiger charge is 2.55. The summed E-state index contributed by atoms with van der Waals surface area (Å²) in [5.41, 5.74) is 3.07. The van der Waals surface area contributed by atoms with Crippen molar-refractivity contribution in [2.24, 2.45) is 5.92 Å². The van der Waals surface area contributed by atoms with Gasteiger partial charge in [-0.15, -0.1) is 0 Å². The molecule has 0 radical (unpaired) electrons.